The molecule has 0 spiro atoms. The second-order valence-electron chi connectivity index (χ2n) is 5.23. The lowest BCUT2D eigenvalue weighted by Crippen LogP contribution is -2.32. The number of ether oxygens (including phenoxy) is 2. The molecule has 1 aliphatic rings. The number of carbonyl (C=O) groups is 1. The van der Waals surface area contributed by atoms with Crippen LogP contribution in [0.5, 0.6) is 11.5 Å². The van der Waals surface area contributed by atoms with Crippen molar-refractivity contribution in [3.63, 3.8) is 0 Å². The number of hydrogen-bond acceptors (Lipinski definition) is 3. The first-order valence-electron chi connectivity index (χ1n) is 7.23. The molecule has 1 amide bonds. The number of rotatable bonds is 6. The zero-order valence-corrected chi connectivity index (χ0v) is 12.3. The molecule has 1 aromatic rings. The smallest absolute Gasteiger partial charge is 0.220 e. The predicted octanol–water partition coefficient (Wildman–Crippen LogP) is 2.70. The van der Waals surface area contributed by atoms with Crippen LogP contribution >= 0.6 is 0 Å². The van der Waals surface area contributed by atoms with Gasteiger partial charge in [0.25, 0.3) is 0 Å². The largest absolute Gasteiger partial charge is 0.497 e. The van der Waals surface area contributed by atoms with Gasteiger partial charge in [0.15, 0.2) is 0 Å². The van der Waals surface area contributed by atoms with Gasteiger partial charge in [-0.1, -0.05) is 12.8 Å². The summed E-state index contributed by atoms with van der Waals surface area (Å²) >= 11 is 0. The molecular formula is C16H23NO3. The van der Waals surface area contributed by atoms with E-state index in [-0.39, 0.29) is 5.91 Å². The minimum atomic E-state index is 0.127. The van der Waals surface area contributed by atoms with Crippen LogP contribution in [0, 0.1) is 0 Å². The second-order valence-corrected chi connectivity index (χ2v) is 5.23. The summed E-state index contributed by atoms with van der Waals surface area (Å²) in [7, 11) is 3.28. The predicted molar refractivity (Wildman–Crippen MR) is 78.3 cm³/mol. The van der Waals surface area contributed by atoms with E-state index < -0.39 is 0 Å². The van der Waals surface area contributed by atoms with Crippen molar-refractivity contribution < 1.29 is 14.3 Å². The number of amides is 1. The Morgan fingerprint density at radius 3 is 2.65 bits per heavy atom. The number of carbonyl (C=O) groups excluding carboxylic acids is 1. The first-order chi connectivity index (χ1) is 9.72. The van der Waals surface area contributed by atoms with Gasteiger partial charge in [-0.25, -0.2) is 0 Å². The molecule has 1 aliphatic carbocycles. The number of aryl methyl sites for hydroxylation is 1. The van der Waals surface area contributed by atoms with Gasteiger partial charge in [-0.2, -0.15) is 0 Å². The molecule has 0 bridgehead atoms. The summed E-state index contributed by atoms with van der Waals surface area (Å²) in [6, 6.07) is 6.06. The molecule has 2 rings (SSSR count). The fraction of sp³-hybridized carbons (Fsp3) is 0.562. The molecule has 0 atom stereocenters. The van der Waals surface area contributed by atoms with Gasteiger partial charge in [0, 0.05) is 12.5 Å². The van der Waals surface area contributed by atoms with Crippen molar-refractivity contribution in [1.82, 2.24) is 5.32 Å². The zero-order chi connectivity index (χ0) is 14.4. The van der Waals surface area contributed by atoms with Crippen molar-refractivity contribution in [2.45, 2.75) is 44.6 Å². The Hall–Kier alpha value is -1.71. The van der Waals surface area contributed by atoms with E-state index in [1.807, 2.05) is 18.2 Å². The third-order valence-electron chi connectivity index (χ3n) is 3.83. The summed E-state index contributed by atoms with van der Waals surface area (Å²) in [5.41, 5.74) is 1.01. The van der Waals surface area contributed by atoms with Crippen LogP contribution in [-0.2, 0) is 11.2 Å². The van der Waals surface area contributed by atoms with Gasteiger partial charge in [-0.15, -0.1) is 0 Å². The van der Waals surface area contributed by atoms with E-state index >= 15 is 0 Å². The van der Waals surface area contributed by atoms with Gasteiger partial charge < -0.3 is 14.8 Å². The summed E-state index contributed by atoms with van der Waals surface area (Å²) < 4.78 is 10.5. The van der Waals surface area contributed by atoms with Crippen molar-refractivity contribution in [3.05, 3.63) is 23.8 Å². The number of hydrogen-bond donors (Lipinski definition) is 1. The van der Waals surface area contributed by atoms with Gasteiger partial charge in [0.2, 0.25) is 5.91 Å². The molecule has 0 unspecified atom stereocenters. The average Bonchev–Trinajstić information content (AvgIpc) is 2.97. The van der Waals surface area contributed by atoms with Gasteiger partial charge in [0.05, 0.1) is 14.2 Å². The van der Waals surface area contributed by atoms with E-state index in [1.165, 1.54) is 12.8 Å². The Labute approximate surface area is 120 Å². The summed E-state index contributed by atoms with van der Waals surface area (Å²) in [4.78, 5) is 11.9. The van der Waals surface area contributed by atoms with E-state index in [1.54, 1.807) is 14.2 Å². The van der Waals surface area contributed by atoms with E-state index in [4.69, 9.17) is 9.47 Å². The lowest BCUT2D eigenvalue weighted by atomic mass is 10.1. The number of benzene rings is 1. The van der Waals surface area contributed by atoms with Crippen LogP contribution in [0.3, 0.4) is 0 Å². The van der Waals surface area contributed by atoms with E-state index in [2.05, 4.69) is 5.32 Å². The Bertz CT molecular complexity index is 453. The van der Waals surface area contributed by atoms with Crippen LogP contribution in [0.2, 0.25) is 0 Å². The van der Waals surface area contributed by atoms with Crippen LogP contribution < -0.4 is 14.8 Å². The maximum atomic E-state index is 11.9. The SMILES string of the molecule is COc1ccc(OC)c(CCC(=O)NC2CCCC2)c1. The molecule has 0 radical (unpaired) electrons. The minimum Gasteiger partial charge on any atom is -0.497 e. The van der Waals surface area contributed by atoms with Crippen molar-refractivity contribution in [1.29, 1.82) is 0 Å². The Kier molecular flexibility index (Phi) is 5.27. The molecule has 4 heteroatoms. The molecule has 0 heterocycles. The minimum absolute atomic E-state index is 0.127. The lowest BCUT2D eigenvalue weighted by Gasteiger charge is -2.13. The maximum absolute atomic E-state index is 11.9. The van der Waals surface area contributed by atoms with Crippen LogP contribution in [-0.4, -0.2) is 26.2 Å². The first kappa shape index (κ1) is 14.7. The summed E-state index contributed by atoms with van der Waals surface area (Å²) in [5, 5.41) is 3.10. The average molecular weight is 277 g/mol. The Morgan fingerprint density at radius 2 is 2.00 bits per heavy atom. The fourth-order valence-corrected chi connectivity index (χ4v) is 2.70. The molecule has 0 aromatic heterocycles. The molecule has 20 heavy (non-hydrogen) atoms. The molecular weight excluding hydrogens is 254 g/mol. The van der Waals surface area contributed by atoms with E-state index in [9.17, 15) is 4.79 Å². The highest BCUT2D eigenvalue weighted by Gasteiger charge is 2.17. The van der Waals surface area contributed by atoms with Crippen LogP contribution in [0.25, 0.3) is 0 Å². The van der Waals surface area contributed by atoms with Gasteiger partial charge in [-0.3, -0.25) is 4.79 Å². The van der Waals surface area contributed by atoms with Crippen molar-refractivity contribution in [2.75, 3.05) is 14.2 Å². The standard InChI is InChI=1S/C16H23NO3/c1-19-14-8-9-15(20-2)12(11-14)7-10-16(18)17-13-5-3-4-6-13/h8-9,11,13H,3-7,10H2,1-2H3,(H,17,18). The molecule has 4 nitrogen and oxygen atoms in total. The number of methoxy groups -OCH3 is 2. The quantitative estimate of drug-likeness (QED) is 0.869. The second kappa shape index (κ2) is 7.17. The van der Waals surface area contributed by atoms with Gasteiger partial charge in [0.1, 0.15) is 11.5 Å². The summed E-state index contributed by atoms with van der Waals surface area (Å²) in [6.45, 7) is 0. The summed E-state index contributed by atoms with van der Waals surface area (Å²) in [6.07, 6.45) is 5.85. The highest BCUT2D eigenvalue weighted by Crippen LogP contribution is 2.25. The van der Waals surface area contributed by atoms with Crippen LogP contribution in [0.1, 0.15) is 37.7 Å². The highest BCUT2D eigenvalue weighted by atomic mass is 16.5. The van der Waals surface area contributed by atoms with Crippen molar-refractivity contribution >= 4 is 5.91 Å². The molecule has 110 valence electrons. The molecule has 1 saturated carbocycles. The lowest BCUT2D eigenvalue weighted by molar-refractivity contribution is -0.121. The van der Waals surface area contributed by atoms with Crippen LogP contribution in [0.4, 0.5) is 0 Å². The maximum Gasteiger partial charge on any atom is 0.220 e. The van der Waals surface area contributed by atoms with Crippen molar-refractivity contribution in [3.8, 4) is 11.5 Å². The topological polar surface area (TPSA) is 47.6 Å². The van der Waals surface area contributed by atoms with Crippen LogP contribution in [0.15, 0.2) is 18.2 Å². The summed E-state index contributed by atoms with van der Waals surface area (Å²) in [5.74, 6) is 1.72. The first-order valence-corrected chi connectivity index (χ1v) is 7.23. The molecule has 1 fully saturated rings. The van der Waals surface area contributed by atoms with E-state index in [0.717, 1.165) is 29.9 Å². The van der Waals surface area contributed by atoms with Gasteiger partial charge in [-0.05, 0) is 43.0 Å². The molecule has 1 N–H and O–H groups in total. The molecule has 0 aliphatic heterocycles. The number of nitrogens with one attached hydrogen (secondary N) is 1. The fourth-order valence-electron chi connectivity index (χ4n) is 2.70. The third-order valence-corrected chi connectivity index (χ3v) is 3.83. The molecule has 0 saturated heterocycles. The highest BCUT2D eigenvalue weighted by molar-refractivity contribution is 5.76. The zero-order valence-electron chi connectivity index (χ0n) is 12.3. The molecule has 1 aromatic carbocycles. The van der Waals surface area contributed by atoms with Gasteiger partial charge >= 0.3 is 0 Å². The van der Waals surface area contributed by atoms with E-state index in [0.29, 0.717) is 18.9 Å². The Morgan fingerprint density at radius 1 is 1.25 bits per heavy atom. The monoisotopic (exact) mass is 277 g/mol. The van der Waals surface area contributed by atoms with Crippen molar-refractivity contribution in [2.24, 2.45) is 0 Å². The third kappa shape index (κ3) is 3.89. The normalized spacial score (nSPS) is 15.1. The Balaban J connectivity index is 1.90.